The molecule has 0 unspecified atom stereocenters. The predicted octanol–water partition coefficient (Wildman–Crippen LogP) is 5.61. The molecule has 0 atom stereocenters. The first-order valence-corrected chi connectivity index (χ1v) is 10.3. The van der Waals surface area contributed by atoms with Gasteiger partial charge in [0.25, 0.3) is 5.91 Å². The molecule has 0 aliphatic rings. The van der Waals surface area contributed by atoms with Crippen LogP contribution in [0.2, 0.25) is 0 Å². The molecule has 3 aromatic rings. The third kappa shape index (κ3) is 4.88. The van der Waals surface area contributed by atoms with Gasteiger partial charge in [0.05, 0.1) is 6.21 Å². The summed E-state index contributed by atoms with van der Waals surface area (Å²) in [7, 11) is 0. The summed E-state index contributed by atoms with van der Waals surface area (Å²) in [6.45, 7) is 12.0. The van der Waals surface area contributed by atoms with Gasteiger partial charge in [-0.1, -0.05) is 65.8 Å². The molecule has 0 spiro atoms. The lowest BCUT2D eigenvalue weighted by molar-refractivity contribution is 0.0955. The Bertz CT molecular complexity index is 1130. The highest BCUT2D eigenvalue weighted by atomic mass is 16.3. The molecule has 0 bridgehead atoms. The first-order chi connectivity index (χ1) is 14.4. The molecule has 0 aliphatic carbocycles. The summed E-state index contributed by atoms with van der Waals surface area (Å²) in [5.74, 6) is -0.0694. The molecule has 0 saturated carbocycles. The van der Waals surface area contributed by atoms with E-state index in [-0.39, 0.29) is 28.2 Å². The SMILES string of the molecule is CC(C)(C)c1cc(C(=O)N/N=C/c2cc3ccccc3cc2O)cc(C(C)(C)C)c1O. The van der Waals surface area contributed by atoms with E-state index in [2.05, 4.69) is 10.5 Å². The van der Waals surface area contributed by atoms with Crippen LogP contribution < -0.4 is 5.43 Å². The van der Waals surface area contributed by atoms with Gasteiger partial charge in [0.15, 0.2) is 0 Å². The van der Waals surface area contributed by atoms with Crippen LogP contribution >= 0.6 is 0 Å². The summed E-state index contributed by atoms with van der Waals surface area (Å²) < 4.78 is 0. The Kier molecular flexibility index (Phi) is 5.81. The molecule has 1 amide bonds. The Morgan fingerprint density at radius 2 is 1.39 bits per heavy atom. The molecule has 3 aromatic carbocycles. The van der Waals surface area contributed by atoms with Crippen molar-refractivity contribution in [3.8, 4) is 11.5 Å². The second-order valence-electron chi connectivity index (χ2n) is 9.88. The molecule has 31 heavy (non-hydrogen) atoms. The average molecular weight is 419 g/mol. The standard InChI is InChI=1S/C26H30N2O3/c1-25(2,3)20-12-18(13-21(23(20)30)26(4,5)6)24(31)28-27-15-19-11-16-9-7-8-10-17(16)14-22(19)29/h7-15,29-30H,1-6H3,(H,28,31)/b27-15+. The molecule has 0 saturated heterocycles. The average Bonchev–Trinajstić information content (AvgIpc) is 2.66. The maximum Gasteiger partial charge on any atom is 0.271 e. The van der Waals surface area contributed by atoms with Crippen molar-refractivity contribution in [2.75, 3.05) is 0 Å². The van der Waals surface area contributed by atoms with Crippen LogP contribution in [0.15, 0.2) is 53.6 Å². The van der Waals surface area contributed by atoms with E-state index in [1.807, 2.05) is 71.9 Å². The number of aromatic hydroxyl groups is 2. The van der Waals surface area contributed by atoms with E-state index in [1.165, 1.54) is 6.21 Å². The predicted molar refractivity (Wildman–Crippen MR) is 126 cm³/mol. The number of rotatable bonds is 3. The number of phenolic OH excluding ortho intramolecular Hbond substituents is 2. The fourth-order valence-electron chi connectivity index (χ4n) is 3.48. The molecule has 0 radical (unpaired) electrons. The highest BCUT2D eigenvalue weighted by Crippen LogP contribution is 2.39. The van der Waals surface area contributed by atoms with E-state index in [0.717, 1.165) is 10.8 Å². The second kappa shape index (κ2) is 8.06. The van der Waals surface area contributed by atoms with E-state index >= 15 is 0 Å². The minimum Gasteiger partial charge on any atom is -0.507 e. The molecule has 162 valence electrons. The summed E-state index contributed by atoms with van der Waals surface area (Å²) >= 11 is 0. The number of amides is 1. The van der Waals surface area contributed by atoms with Crippen LogP contribution in [0, 0.1) is 0 Å². The number of nitrogens with one attached hydrogen (secondary N) is 1. The number of phenols is 2. The van der Waals surface area contributed by atoms with Gasteiger partial charge in [-0.15, -0.1) is 0 Å². The first kappa shape index (κ1) is 22.3. The van der Waals surface area contributed by atoms with E-state index in [9.17, 15) is 15.0 Å². The summed E-state index contributed by atoms with van der Waals surface area (Å²) in [6, 6.07) is 14.6. The minimum atomic E-state index is -0.382. The molecule has 3 rings (SSSR count). The maximum absolute atomic E-state index is 12.8. The minimum absolute atomic E-state index is 0.0892. The molecular weight excluding hydrogens is 388 g/mol. The maximum atomic E-state index is 12.8. The Hall–Kier alpha value is -3.34. The van der Waals surface area contributed by atoms with Crippen LogP contribution in [-0.4, -0.2) is 22.3 Å². The Balaban J connectivity index is 1.91. The lowest BCUT2D eigenvalue weighted by Crippen LogP contribution is -2.22. The van der Waals surface area contributed by atoms with Crippen LogP contribution in [0.25, 0.3) is 10.8 Å². The van der Waals surface area contributed by atoms with Crippen LogP contribution in [0.5, 0.6) is 11.5 Å². The van der Waals surface area contributed by atoms with Gasteiger partial charge in [0, 0.05) is 22.3 Å². The van der Waals surface area contributed by atoms with E-state index in [0.29, 0.717) is 22.3 Å². The molecular formula is C26H30N2O3. The topological polar surface area (TPSA) is 81.9 Å². The quantitative estimate of drug-likeness (QED) is 0.382. The first-order valence-electron chi connectivity index (χ1n) is 10.3. The monoisotopic (exact) mass is 418 g/mol. The number of benzene rings is 3. The second-order valence-corrected chi connectivity index (χ2v) is 9.88. The largest absolute Gasteiger partial charge is 0.507 e. The zero-order valence-electron chi connectivity index (χ0n) is 18.9. The van der Waals surface area contributed by atoms with Crippen LogP contribution in [0.3, 0.4) is 0 Å². The Morgan fingerprint density at radius 3 is 1.90 bits per heavy atom. The van der Waals surface area contributed by atoms with Crippen molar-refractivity contribution in [3.05, 3.63) is 70.8 Å². The van der Waals surface area contributed by atoms with Crippen LogP contribution in [-0.2, 0) is 10.8 Å². The summed E-state index contributed by atoms with van der Waals surface area (Å²) in [5, 5.41) is 27.0. The van der Waals surface area contributed by atoms with Crippen molar-refractivity contribution in [2.45, 2.75) is 52.4 Å². The normalized spacial score (nSPS) is 12.5. The third-order valence-electron chi connectivity index (χ3n) is 5.25. The van der Waals surface area contributed by atoms with Crippen molar-refractivity contribution in [3.63, 3.8) is 0 Å². The van der Waals surface area contributed by atoms with Crippen LogP contribution in [0.1, 0.15) is 68.6 Å². The van der Waals surface area contributed by atoms with Gasteiger partial charge >= 0.3 is 0 Å². The molecule has 0 aromatic heterocycles. The highest BCUT2D eigenvalue weighted by molar-refractivity contribution is 5.97. The number of fused-ring (bicyclic) bond motifs is 1. The van der Waals surface area contributed by atoms with E-state index in [4.69, 9.17) is 0 Å². The number of carbonyl (C=O) groups is 1. The molecule has 0 aliphatic heterocycles. The summed E-state index contributed by atoms with van der Waals surface area (Å²) in [6.07, 6.45) is 1.43. The number of hydrazone groups is 1. The fraction of sp³-hybridized carbons (Fsp3) is 0.308. The van der Waals surface area contributed by atoms with Gasteiger partial charge in [0.1, 0.15) is 11.5 Å². The Labute approximate surface area is 183 Å². The van der Waals surface area contributed by atoms with Crippen molar-refractivity contribution in [1.29, 1.82) is 0 Å². The zero-order valence-corrected chi connectivity index (χ0v) is 18.9. The third-order valence-corrected chi connectivity index (χ3v) is 5.25. The van der Waals surface area contributed by atoms with Gasteiger partial charge < -0.3 is 10.2 Å². The van der Waals surface area contributed by atoms with Gasteiger partial charge in [-0.25, -0.2) is 5.43 Å². The van der Waals surface area contributed by atoms with Crippen molar-refractivity contribution in [1.82, 2.24) is 5.43 Å². The van der Waals surface area contributed by atoms with Crippen LogP contribution in [0.4, 0.5) is 0 Å². The van der Waals surface area contributed by atoms with Crippen molar-refractivity contribution >= 4 is 22.9 Å². The zero-order chi connectivity index (χ0) is 23.0. The molecule has 0 fully saturated rings. The molecule has 5 nitrogen and oxygen atoms in total. The van der Waals surface area contributed by atoms with Gasteiger partial charge in [-0.2, -0.15) is 5.10 Å². The Morgan fingerprint density at radius 1 is 0.871 bits per heavy atom. The number of hydrogen-bond donors (Lipinski definition) is 3. The lowest BCUT2D eigenvalue weighted by Gasteiger charge is -2.28. The van der Waals surface area contributed by atoms with Crippen molar-refractivity contribution < 1.29 is 15.0 Å². The number of hydrogen-bond acceptors (Lipinski definition) is 4. The number of nitrogens with zero attached hydrogens (tertiary/aromatic N) is 1. The van der Waals surface area contributed by atoms with Gasteiger partial charge in [0.2, 0.25) is 0 Å². The fourth-order valence-corrected chi connectivity index (χ4v) is 3.48. The summed E-state index contributed by atoms with van der Waals surface area (Å²) in [4.78, 5) is 12.8. The van der Waals surface area contributed by atoms with Crippen molar-refractivity contribution in [2.24, 2.45) is 5.10 Å². The summed E-state index contributed by atoms with van der Waals surface area (Å²) in [5.41, 5.74) is 4.22. The smallest absolute Gasteiger partial charge is 0.271 e. The van der Waals surface area contributed by atoms with E-state index < -0.39 is 0 Å². The van der Waals surface area contributed by atoms with Gasteiger partial charge in [-0.3, -0.25) is 4.79 Å². The number of carbonyl (C=O) groups excluding carboxylic acids is 1. The van der Waals surface area contributed by atoms with Gasteiger partial charge in [-0.05, 0) is 45.9 Å². The molecule has 0 heterocycles. The highest BCUT2D eigenvalue weighted by Gasteiger charge is 2.27. The lowest BCUT2D eigenvalue weighted by atomic mass is 9.78. The van der Waals surface area contributed by atoms with E-state index in [1.54, 1.807) is 18.2 Å². The molecule has 5 heteroatoms. The molecule has 3 N–H and O–H groups in total.